The van der Waals surface area contributed by atoms with E-state index in [4.69, 9.17) is 0 Å². The molecule has 0 N–H and O–H groups in total. The molecule has 1 saturated heterocycles. The van der Waals surface area contributed by atoms with Gasteiger partial charge < -0.3 is 4.90 Å². The highest BCUT2D eigenvalue weighted by molar-refractivity contribution is 7.93. The number of amides is 1. The van der Waals surface area contributed by atoms with E-state index in [1.807, 2.05) is 18.2 Å². The first-order valence-electron chi connectivity index (χ1n) is 10.6. The van der Waals surface area contributed by atoms with Crippen LogP contribution in [0, 0.1) is 0 Å². The van der Waals surface area contributed by atoms with Crippen LogP contribution in [0.4, 0.5) is 5.69 Å². The molecule has 2 heterocycles. The summed E-state index contributed by atoms with van der Waals surface area (Å²) in [5.74, 6) is -0.431. The second kappa shape index (κ2) is 8.12. The predicted octanol–water partition coefficient (Wildman–Crippen LogP) is 2.02. The summed E-state index contributed by atoms with van der Waals surface area (Å²) in [6, 6.07) is 19.4. The van der Waals surface area contributed by atoms with Gasteiger partial charge in [0.1, 0.15) is 6.54 Å². The molecule has 0 aliphatic carbocycles. The quantitative estimate of drug-likeness (QED) is 0.551. The van der Waals surface area contributed by atoms with Gasteiger partial charge in [0.05, 0.1) is 16.3 Å². The molecule has 0 saturated carbocycles. The molecule has 0 aromatic heterocycles. The lowest BCUT2D eigenvalue weighted by molar-refractivity contribution is -0.130. The molecule has 0 atom stereocenters. The van der Waals surface area contributed by atoms with E-state index in [9.17, 15) is 21.6 Å². The van der Waals surface area contributed by atoms with Gasteiger partial charge in [-0.2, -0.15) is 4.31 Å². The Morgan fingerprint density at radius 1 is 0.848 bits per heavy atom. The molecule has 172 valence electrons. The fourth-order valence-corrected chi connectivity index (χ4v) is 7.62. The standard InChI is InChI=1S/C23H23N3O5S2/c27-22(16-26-20-10-4-8-19-9-5-11-21(23(19)20)33(26,30)31)24-12-14-25(15-13-24)32(28,29)17-18-6-2-1-3-7-18/h1-11H,12-17H2. The summed E-state index contributed by atoms with van der Waals surface area (Å²) in [6.07, 6.45) is 0. The Balaban J connectivity index is 1.28. The minimum atomic E-state index is -3.82. The van der Waals surface area contributed by atoms with Gasteiger partial charge >= 0.3 is 0 Å². The number of carbonyl (C=O) groups is 1. The lowest BCUT2D eigenvalue weighted by atomic mass is 10.1. The summed E-state index contributed by atoms with van der Waals surface area (Å²) in [6.45, 7) is 0.496. The fraction of sp³-hybridized carbons (Fsp3) is 0.261. The zero-order valence-corrected chi connectivity index (χ0v) is 19.4. The number of sulfonamides is 2. The zero-order valence-electron chi connectivity index (χ0n) is 17.8. The molecule has 10 heteroatoms. The lowest BCUT2D eigenvalue weighted by Crippen LogP contribution is -2.53. The summed E-state index contributed by atoms with van der Waals surface area (Å²) in [4.78, 5) is 14.8. The molecular formula is C23H23N3O5S2. The van der Waals surface area contributed by atoms with Gasteiger partial charge in [-0.25, -0.2) is 16.8 Å². The normalized spacial score (nSPS) is 18.1. The average molecular weight is 486 g/mol. The van der Waals surface area contributed by atoms with Crippen LogP contribution in [0.15, 0.2) is 71.6 Å². The van der Waals surface area contributed by atoms with Gasteiger partial charge in [-0.05, 0) is 23.1 Å². The highest BCUT2D eigenvalue weighted by Crippen LogP contribution is 2.41. The van der Waals surface area contributed by atoms with E-state index in [1.165, 1.54) is 9.21 Å². The fourth-order valence-electron chi connectivity index (χ4n) is 4.44. The Morgan fingerprint density at radius 2 is 1.52 bits per heavy atom. The van der Waals surface area contributed by atoms with E-state index in [0.29, 0.717) is 16.6 Å². The molecule has 2 aliphatic rings. The molecule has 3 aromatic carbocycles. The van der Waals surface area contributed by atoms with Gasteiger partial charge in [0.2, 0.25) is 15.9 Å². The van der Waals surface area contributed by atoms with Crippen LogP contribution in [-0.4, -0.2) is 64.7 Å². The second-order valence-corrected chi connectivity index (χ2v) is 12.0. The van der Waals surface area contributed by atoms with Crippen molar-refractivity contribution in [3.05, 3.63) is 72.3 Å². The van der Waals surface area contributed by atoms with Crippen LogP contribution < -0.4 is 4.31 Å². The van der Waals surface area contributed by atoms with E-state index < -0.39 is 20.0 Å². The Kier molecular flexibility index (Phi) is 5.38. The number of carbonyl (C=O) groups excluding carboxylic acids is 1. The van der Waals surface area contributed by atoms with Crippen LogP contribution >= 0.6 is 0 Å². The van der Waals surface area contributed by atoms with E-state index >= 15 is 0 Å². The van der Waals surface area contributed by atoms with Crippen molar-refractivity contribution >= 4 is 42.4 Å². The number of piperazine rings is 1. The third-order valence-corrected chi connectivity index (χ3v) is 9.79. The van der Waals surface area contributed by atoms with Crippen molar-refractivity contribution in [2.45, 2.75) is 10.6 Å². The summed E-state index contributed by atoms with van der Waals surface area (Å²) in [5.41, 5.74) is 1.21. The molecule has 3 aromatic rings. The van der Waals surface area contributed by atoms with Crippen molar-refractivity contribution in [3.63, 3.8) is 0 Å². The third-order valence-electron chi connectivity index (χ3n) is 6.14. The number of rotatable bonds is 5. The number of hydrogen-bond acceptors (Lipinski definition) is 5. The van der Waals surface area contributed by atoms with Gasteiger partial charge in [-0.3, -0.25) is 9.10 Å². The minimum absolute atomic E-state index is 0.0872. The van der Waals surface area contributed by atoms with Gasteiger partial charge in [0, 0.05) is 31.6 Å². The predicted molar refractivity (Wildman–Crippen MR) is 126 cm³/mol. The smallest absolute Gasteiger partial charge is 0.265 e. The molecule has 8 nitrogen and oxygen atoms in total. The first-order valence-corrected chi connectivity index (χ1v) is 13.7. The number of hydrogen-bond donors (Lipinski definition) is 0. The minimum Gasteiger partial charge on any atom is -0.338 e. The molecule has 33 heavy (non-hydrogen) atoms. The summed E-state index contributed by atoms with van der Waals surface area (Å²) in [7, 11) is -7.32. The average Bonchev–Trinajstić information content (AvgIpc) is 3.03. The molecule has 2 aliphatic heterocycles. The summed E-state index contributed by atoms with van der Waals surface area (Å²) in [5, 5.41) is 1.44. The topological polar surface area (TPSA) is 95.1 Å². The van der Waals surface area contributed by atoms with Crippen molar-refractivity contribution in [1.29, 1.82) is 0 Å². The van der Waals surface area contributed by atoms with E-state index in [-0.39, 0.29) is 49.3 Å². The number of nitrogens with zero attached hydrogens (tertiary/aromatic N) is 3. The molecule has 0 unspecified atom stereocenters. The SMILES string of the molecule is O=C(CN1c2cccc3cccc(c23)S1(=O)=O)N1CCN(S(=O)(=O)Cc2ccccc2)CC1. The van der Waals surface area contributed by atoms with Gasteiger partial charge in [-0.1, -0.05) is 54.6 Å². The first-order chi connectivity index (χ1) is 15.8. The summed E-state index contributed by atoms with van der Waals surface area (Å²) >= 11 is 0. The van der Waals surface area contributed by atoms with Crippen LogP contribution in [0.25, 0.3) is 10.8 Å². The highest BCUT2D eigenvalue weighted by atomic mass is 32.2. The van der Waals surface area contributed by atoms with E-state index in [0.717, 1.165) is 9.69 Å². The van der Waals surface area contributed by atoms with Crippen LogP contribution in [0.1, 0.15) is 5.56 Å². The zero-order chi connectivity index (χ0) is 23.2. The number of anilines is 1. The highest BCUT2D eigenvalue weighted by Gasteiger charge is 2.38. The second-order valence-electron chi connectivity index (χ2n) is 8.16. The Morgan fingerprint density at radius 3 is 2.21 bits per heavy atom. The van der Waals surface area contributed by atoms with E-state index in [2.05, 4.69) is 0 Å². The van der Waals surface area contributed by atoms with Crippen molar-refractivity contribution in [2.24, 2.45) is 0 Å². The lowest BCUT2D eigenvalue weighted by Gasteiger charge is -2.35. The maximum atomic E-state index is 13.1. The maximum Gasteiger partial charge on any atom is 0.265 e. The van der Waals surface area contributed by atoms with Gasteiger partial charge in [0.15, 0.2) is 0 Å². The van der Waals surface area contributed by atoms with E-state index in [1.54, 1.807) is 48.5 Å². The molecule has 0 bridgehead atoms. The monoisotopic (exact) mass is 485 g/mol. The van der Waals surface area contributed by atoms with Crippen molar-refractivity contribution in [3.8, 4) is 0 Å². The van der Waals surface area contributed by atoms with Crippen molar-refractivity contribution < 1.29 is 21.6 Å². The van der Waals surface area contributed by atoms with Crippen LogP contribution in [0.5, 0.6) is 0 Å². The molecule has 0 radical (unpaired) electrons. The molecule has 1 amide bonds. The van der Waals surface area contributed by atoms with Crippen LogP contribution in [-0.2, 0) is 30.6 Å². The van der Waals surface area contributed by atoms with Gasteiger partial charge in [-0.15, -0.1) is 0 Å². The third kappa shape index (κ3) is 3.88. The maximum absolute atomic E-state index is 13.1. The molecule has 0 spiro atoms. The van der Waals surface area contributed by atoms with Crippen molar-refractivity contribution in [2.75, 3.05) is 37.0 Å². The van der Waals surface area contributed by atoms with Crippen LogP contribution in [0.3, 0.4) is 0 Å². The van der Waals surface area contributed by atoms with Gasteiger partial charge in [0.25, 0.3) is 10.0 Å². The Hall–Kier alpha value is -2.95. The molecular weight excluding hydrogens is 462 g/mol. The molecule has 5 rings (SSSR count). The molecule has 1 fully saturated rings. The number of benzene rings is 3. The van der Waals surface area contributed by atoms with Crippen LogP contribution in [0.2, 0.25) is 0 Å². The summed E-state index contributed by atoms with van der Waals surface area (Å²) < 4.78 is 54.3. The Bertz CT molecular complexity index is 1430. The Labute approximate surface area is 193 Å². The first kappa shape index (κ1) is 21.9. The largest absolute Gasteiger partial charge is 0.338 e. The van der Waals surface area contributed by atoms with Crippen molar-refractivity contribution in [1.82, 2.24) is 9.21 Å².